The van der Waals surface area contributed by atoms with Gasteiger partial charge in [0, 0.05) is 61.8 Å². The minimum atomic E-state index is -0.914. The highest BCUT2D eigenvalue weighted by atomic mass is 35.5. The number of carbonyl (C=O) groups excluding carboxylic acids is 3. The molecular weight excluding hydrogens is 539 g/mol. The zero-order chi connectivity index (χ0) is 27.6. The SMILES string of the molecule is O=C(/C=C/c1ccc(Cl)cc1)N[C@@H](Cc1ccccn1)C(=O)NCC(=O)N1CCN(c2ccc(Cl)cn2)CC1. The van der Waals surface area contributed by atoms with Crippen LogP contribution in [-0.4, -0.2) is 71.4 Å². The van der Waals surface area contributed by atoms with Crippen LogP contribution in [0.1, 0.15) is 11.3 Å². The Morgan fingerprint density at radius 1 is 0.923 bits per heavy atom. The second kappa shape index (κ2) is 13.7. The smallest absolute Gasteiger partial charge is 0.244 e. The second-order valence-corrected chi connectivity index (χ2v) is 9.76. The van der Waals surface area contributed by atoms with Crippen LogP contribution in [0.2, 0.25) is 10.0 Å². The lowest BCUT2D eigenvalue weighted by Crippen LogP contribution is -2.53. The van der Waals surface area contributed by atoms with Gasteiger partial charge in [0.2, 0.25) is 17.7 Å². The molecule has 1 atom stereocenters. The maximum Gasteiger partial charge on any atom is 0.244 e. The van der Waals surface area contributed by atoms with Crippen molar-refractivity contribution in [3.05, 3.63) is 94.4 Å². The number of carbonyl (C=O) groups is 3. The Morgan fingerprint density at radius 3 is 2.33 bits per heavy atom. The van der Waals surface area contributed by atoms with Crippen molar-refractivity contribution in [3.63, 3.8) is 0 Å². The molecule has 3 aromatic rings. The standard InChI is InChI=1S/C28H28Cl2N6O3/c29-21-7-4-20(5-8-21)6-11-26(37)34-24(17-23-3-1-2-12-31-23)28(39)33-19-27(38)36-15-13-35(14-16-36)25-10-9-22(30)18-32-25/h1-12,18,24H,13-17,19H2,(H,33,39)(H,34,37)/b11-6+/t24-/m0/s1. The molecule has 0 radical (unpaired) electrons. The van der Waals surface area contributed by atoms with Crippen molar-refractivity contribution in [2.45, 2.75) is 12.5 Å². The van der Waals surface area contributed by atoms with Crippen molar-refractivity contribution in [3.8, 4) is 0 Å². The molecule has 2 N–H and O–H groups in total. The number of piperazine rings is 1. The molecule has 11 heteroatoms. The Labute approximate surface area is 236 Å². The van der Waals surface area contributed by atoms with Gasteiger partial charge in [-0.05, 0) is 48.0 Å². The predicted molar refractivity (Wildman–Crippen MR) is 151 cm³/mol. The molecule has 4 rings (SSSR count). The zero-order valence-corrected chi connectivity index (χ0v) is 22.6. The first-order chi connectivity index (χ1) is 18.9. The van der Waals surface area contributed by atoms with Gasteiger partial charge in [0.05, 0.1) is 11.6 Å². The van der Waals surface area contributed by atoms with E-state index in [9.17, 15) is 14.4 Å². The van der Waals surface area contributed by atoms with Crippen LogP contribution < -0.4 is 15.5 Å². The number of benzene rings is 1. The van der Waals surface area contributed by atoms with E-state index < -0.39 is 17.9 Å². The van der Waals surface area contributed by atoms with Gasteiger partial charge in [-0.15, -0.1) is 0 Å². The summed E-state index contributed by atoms with van der Waals surface area (Å²) in [6.07, 6.45) is 6.37. The molecule has 0 unspecified atom stereocenters. The van der Waals surface area contributed by atoms with Crippen LogP contribution >= 0.6 is 23.2 Å². The maximum atomic E-state index is 13.1. The summed E-state index contributed by atoms with van der Waals surface area (Å²) in [5.41, 5.74) is 1.43. The van der Waals surface area contributed by atoms with E-state index >= 15 is 0 Å². The Kier molecular flexibility index (Phi) is 9.88. The number of pyridine rings is 2. The van der Waals surface area contributed by atoms with Crippen molar-refractivity contribution in [1.82, 2.24) is 25.5 Å². The Hall–Kier alpha value is -3.95. The predicted octanol–water partition coefficient (Wildman–Crippen LogP) is 2.99. The Balaban J connectivity index is 1.31. The zero-order valence-electron chi connectivity index (χ0n) is 21.1. The Morgan fingerprint density at radius 2 is 1.67 bits per heavy atom. The van der Waals surface area contributed by atoms with Crippen LogP contribution in [0.25, 0.3) is 6.08 Å². The monoisotopic (exact) mass is 566 g/mol. The average molecular weight is 567 g/mol. The lowest BCUT2D eigenvalue weighted by atomic mass is 10.1. The molecule has 0 saturated carbocycles. The highest BCUT2D eigenvalue weighted by Gasteiger charge is 2.25. The van der Waals surface area contributed by atoms with Crippen molar-refractivity contribution in [2.75, 3.05) is 37.6 Å². The number of anilines is 1. The van der Waals surface area contributed by atoms with Crippen LogP contribution in [-0.2, 0) is 20.8 Å². The van der Waals surface area contributed by atoms with Gasteiger partial charge in [-0.1, -0.05) is 41.4 Å². The third kappa shape index (κ3) is 8.53. The summed E-state index contributed by atoms with van der Waals surface area (Å²) in [5, 5.41) is 6.57. The highest BCUT2D eigenvalue weighted by Crippen LogP contribution is 2.16. The molecule has 0 spiro atoms. The van der Waals surface area contributed by atoms with Gasteiger partial charge in [0.25, 0.3) is 0 Å². The number of aromatic nitrogens is 2. The van der Waals surface area contributed by atoms with E-state index in [1.165, 1.54) is 6.08 Å². The normalized spacial score (nSPS) is 14.2. The highest BCUT2D eigenvalue weighted by molar-refractivity contribution is 6.30. The number of hydrogen-bond donors (Lipinski definition) is 2. The molecule has 1 aliphatic rings. The maximum absolute atomic E-state index is 13.1. The molecule has 202 valence electrons. The van der Waals surface area contributed by atoms with E-state index in [2.05, 4.69) is 25.5 Å². The third-order valence-corrected chi connectivity index (χ3v) is 6.63. The molecule has 9 nitrogen and oxygen atoms in total. The summed E-state index contributed by atoms with van der Waals surface area (Å²) in [6.45, 7) is 2.07. The van der Waals surface area contributed by atoms with E-state index in [4.69, 9.17) is 23.2 Å². The van der Waals surface area contributed by atoms with Crippen LogP contribution in [0.3, 0.4) is 0 Å². The second-order valence-electron chi connectivity index (χ2n) is 8.89. The Bertz CT molecular complexity index is 1300. The summed E-state index contributed by atoms with van der Waals surface area (Å²) in [4.78, 5) is 50.9. The van der Waals surface area contributed by atoms with E-state index in [1.807, 2.05) is 12.1 Å². The van der Waals surface area contributed by atoms with Crippen LogP contribution in [0.5, 0.6) is 0 Å². The minimum Gasteiger partial charge on any atom is -0.353 e. The van der Waals surface area contributed by atoms with E-state index in [-0.39, 0.29) is 18.9 Å². The molecular formula is C28H28Cl2N6O3. The van der Waals surface area contributed by atoms with Crippen LogP contribution in [0.15, 0.2) is 73.1 Å². The summed E-state index contributed by atoms with van der Waals surface area (Å²) in [6, 6.07) is 15.1. The van der Waals surface area contributed by atoms with Crippen LogP contribution in [0, 0.1) is 0 Å². The quantitative estimate of drug-likeness (QED) is 0.385. The van der Waals surface area contributed by atoms with E-state index in [0.717, 1.165) is 11.4 Å². The molecule has 1 fully saturated rings. The summed E-state index contributed by atoms with van der Waals surface area (Å²) < 4.78 is 0. The molecule has 1 saturated heterocycles. The number of halogens is 2. The summed E-state index contributed by atoms with van der Waals surface area (Å²) in [5.74, 6) is -0.304. The molecule has 0 bridgehead atoms. The number of rotatable bonds is 9. The topological polar surface area (TPSA) is 108 Å². The summed E-state index contributed by atoms with van der Waals surface area (Å²) >= 11 is 11.8. The number of amides is 3. The van der Waals surface area contributed by atoms with E-state index in [1.54, 1.807) is 65.8 Å². The minimum absolute atomic E-state index is 0.173. The first-order valence-corrected chi connectivity index (χ1v) is 13.2. The van der Waals surface area contributed by atoms with Gasteiger partial charge in [-0.2, -0.15) is 0 Å². The van der Waals surface area contributed by atoms with Gasteiger partial charge in [-0.3, -0.25) is 19.4 Å². The van der Waals surface area contributed by atoms with Crippen molar-refractivity contribution in [1.29, 1.82) is 0 Å². The average Bonchev–Trinajstić information content (AvgIpc) is 2.96. The molecule has 1 aliphatic heterocycles. The van der Waals surface area contributed by atoms with Gasteiger partial charge < -0.3 is 20.4 Å². The third-order valence-electron chi connectivity index (χ3n) is 6.15. The van der Waals surface area contributed by atoms with Gasteiger partial charge in [0.1, 0.15) is 11.9 Å². The number of nitrogens with zero attached hydrogens (tertiary/aromatic N) is 4. The fraction of sp³-hybridized carbons (Fsp3) is 0.250. The lowest BCUT2D eigenvalue weighted by Gasteiger charge is -2.35. The first kappa shape index (κ1) is 28.1. The fourth-order valence-corrected chi connectivity index (χ4v) is 4.28. The van der Waals surface area contributed by atoms with Crippen molar-refractivity contribution >= 4 is 52.8 Å². The lowest BCUT2D eigenvalue weighted by molar-refractivity contribution is -0.134. The molecule has 3 amide bonds. The fourth-order valence-electron chi connectivity index (χ4n) is 4.04. The van der Waals surface area contributed by atoms with E-state index in [0.29, 0.717) is 41.9 Å². The molecule has 3 heterocycles. The number of hydrogen-bond acceptors (Lipinski definition) is 6. The largest absolute Gasteiger partial charge is 0.353 e. The van der Waals surface area contributed by atoms with Crippen molar-refractivity contribution in [2.24, 2.45) is 0 Å². The molecule has 0 aliphatic carbocycles. The first-order valence-electron chi connectivity index (χ1n) is 12.4. The summed E-state index contributed by atoms with van der Waals surface area (Å²) in [7, 11) is 0. The van der Waals surface area contributed by atoms with Gasteiger partial charge in [0.15, 0.2) is 0 Å². The molecule has 2 aromatic heterocycles. The van der Waals surface area contributed by atoms with Gasteiger partial charge >= 0.3 is 0 Å². The number of nitrogens with one attached hydrogen (secondary N) is 2. The van der Waals surface area contributed by atoms with Crippen LogP contribution in [0.4, 0.5) is 5.82 Å². The van der Waals surface area contributed by atoms with Gasteiger partial charge in [-0.25, -0.2) is 4.98 Å². The molecule has 39 heavy (non-hydrogen) atoms. The molecule has 1 aromatic carbocycles. The van der Waals surface area contributed by atoms with Crippen molar-refractivity contribution < 1.29 is 14.4 Å².